The molecule has 206 valence electrons. The number of hydrogen-bond donors (Lipinski definition) is 0. The SMILES string of the molecule is CC(C)c1ccccc1N1CCCS/C1=N/N=C\c1ccc(-c2ncn(-c3ccc(OC(F)(F)F)cc3)n2)cc1. The summed E-state index contributed by atoms with van der Waals surface area (Å²) in [7, 11) is 0. The molecule has 0 radical (unpaired) electrons. The number of aromatic nitrogens is 3. The minimum Gasteiger partial charge on any atom is -0.406 e. The van der Waals surface area contributed by atoms with Gasteiger partial charge in [0.2, 0.25) is 0 Å². The second-order valence-electron chi connectivity index (χ2n) is 9.37. The fourth-order valence-electron chi connectivity index (χ4n) is 4.27. The maximum absolute atomic E-state index is 12.4. The van der Waals surface area contributed by atoms with Crippen LogP contribution in [0, 0.1) is 0 Å². The van der Waals surface area contributed by atoms with E-state index in [1.54, 1.807) is 18.0 Å². The molecule has 2 heterocycles. The number of para-hydroxylation sites is 1. The van der Waals surface area contributed by atoms with Crippen molar-refractivity contribution in [3.8, 4) is 22.8 Å². The van der Waals surface area contributed by atoms with E-state index in [4.69, 9.17) is 0 Å². The van der Waals surface area contributed by atoms with Crippen molar-refractivity contribution in [1.29, 1.82) is 0 Å². The average Bonchev–Trinajstić information content (AvgIpc) is 3.44. The molecular formula is C29H27F3N6OS. The van der Waals surface area contributed by atoms with Crippen molar-refractivity contribution in [1.82, 2.24) is 14.8 Å². The van der Waals surface area contributed by atoms with Crippen LogP contribution >= 0.6 is 11.8 Å². The lowest BCUT2D eigenvalue weighted by Crippen LogP contribution is -2.34. The molecule has 0 bridgehead atoms. The van der Waals surface area contributed by atoms with Crippen molar-refractivity contribution in [2.24, 2.45) is 10.2 Å². The first-order valence-electron chi connectivity index (χ1n) is 12.8. The predicted molar refractivity (Wildman–Crippen MR) is 153 cm³/mol. The molecule has 0 saturated carbocycles. The Balaban J connectivity index is 1.27. The number of benzene rings is 3. The van der Waals surface area contributed by atoms with Crippen LogP contribution in [0.25, 0.3) is 17.1 Å². The number of alkyl halides is 3. The van der Waals surface area contributed by atoms with Gasteiger partial charge in [0.15, 0.2) is 11.0 Å². The first-order valence-corrected chi connectivity index (χ1v) is 13.7. The van der Waals surface area contributed by atoms with Crippen LogP contribution in [0.4, 0.5) is 18.9 Å². The van der Waals surface area contributed by atoms with Crippen LogP contribution in [-0.2, 0) is 0 Å². The molecule has 0 aliphatic carbocycles. The molecule has 7 nitrogen and oxygen atoms in total. The van der Waals surface area contributed by atoms with E-state index in [9.17, 15) is 13.2 Å². The Hall–Kier alpha value is -4.12. The van der Waals surface area contributed by atoms with E-state index in [-0.39, 0.29) is 5.75 Å². The lowest BCUT2D eigenvalue weighted by Gasteiger charge is -2.31. The summed E-state index contributed by atoms with van der Waals surface area (Å²) >= 11 is 1.71. The molecule has 0 spiro atoms. The summed E-state index contributed by atoms with van der Waals surface area (Å²) in [5.74, 6) is 1.60. The molecule has 0 atom stereocenters. The molecule has 5 rings (SSSR count). The number of hydrogen-bond acceptors (Lipinski definition) is 6. The summed E-state index contributed by atoms with van der Waals surface area (Å²) < 4.78 is 42.6. The van der Waals surface area contributed by atoms with Gasteiger partial charge in [0.05, 0.1) is 11.9 Å². The Kier molecular flexibility index (Phi) is 8.20. The van der Waals surface area contributed by atoms with E-state index < -0.39 is 6.36 Å². The Morgan fingerprint density at radius 2 is 1.75 bits per heavy atom. The van der Waals surface area contributed by atoms with Crippen LogP contribution < -0.4 is 9.64 Å². The van der Waals surface area contributed by atoms with Crippen LogP contribution in [-0.4, -0.2) is 44.8 Å². The van der Waals surface area contributed by atoms with Crippen molar-refractivity contribution in [3.05, 3.63) is 90.3 Å². The number of anilines is 1. The van der Waals surface area contributed by atoms with Gasteiger partial charge in [-0.25, -0.2) is 9.67 Å². The van der Waals surface area contributed by atoms with Crippen molar-refractivity contribution in [2.45, 2.75) is 32.5 Å². The van der Waals surface area contributed by atoms with Gasteiger partial charge in [0.25, 0.3) is 0 Å². The maximum Gasteiger partial charge on any atom is 0.573 e. The predicted octanol–water partition coefficient (Wildman–Crippen LogP) is 7.29. The highest BCUT2D eigenvalue weighted by molar-refractivity contribution is 8.14. The van der Waals surface area contributed by atoms with Crippen molar-refractivity contribution >= 4 is 28.8 Å². The van der Waals surface area contributed by atoms with Gasteiger partial charge in [-0.2, -0.15) is 5.10 Å². The van der Waals surface area contributed by atoms with E-state index in [0.717, 1.165) is 35.0 Å². The van der Waals surface area contributed by atoms with Crippen LogP contribution in [0.5, 0.6) is 5.75 Å². The summed E-state index contributed by atoms with van der Waals surface area (Å²) in [5.41, 5.74) is 4.70. The summed E-state index contributed by atoms with van der Waals surface area (Å²) in [6, 6.07) is 21.4. The standard InChI is InChI=1S/C29H27F3N6OS/c1-20(2)25-6-3-4-7-26(25)37-16-5-17-40-28(37)35-34-18-21-8-10-22(11-9-21)27-33-19-38(36-27)23-12-14-24(15-13-23)39-29(30,31)32/h3-4,6-15,18-20H,5,16-17H2,1-2H3/b34-18-,35-28+. The maximum atomic E-state index is 12.4. The van der Waals surface area contributed by atoms with Gasteiger partial charge in [0, 0.05) is 23.5 Å². The monoisotopic (exact) mass is 564 g/mol. The summed E-state index contributed by atoms with van der Waals surface area (Å²) in [6.45, 7) is 5.30. The molecule has 1 aliphatic heterocycles. The number of thioether (sulfide) groups is 1. The Morgan fingerprint density at radius 3 is 2.48 bits per heavy atom. The zero-order valence-electron chi connectivity index (χ0n) is 21.9. The number of ether oxygens (including phenoxy) is 1. The van der Waals surface area contributed by atoms with Crippen LogP contribution in [0.2, 0.25) is 0 Å². The second-order valence-corrected chi connectivity index (χ2v) is 10.4. The molecular weight excluding hydrogens is 537 g/mol. The van der Waals surface area contributed by atoms with Gasteiger partial charge < -0.3 is 9.64 Å². The molecule has 1 saturated heterocycles. The van der Waals surface area contributed by atoms with Crippen molar-refractivity contribution in [2.75, 3.05) is 17.2 Å². The lowest BCUT2D eigenvalue weighted by atomic mass is 10.0. The van der Waals surface area contributed by atoms with E-state index in [2.05, 4.69) is 68.0 Å². The first-order chi connectivity index (χ1) is 19.3. The fraction of sp³-hybridized carbons (Fsp3) is 0.241. The van der Waals surface area contributed by atoms with E-state index in [0.29, 0.717) is 17.4 Å². The first kappa shape index (κ1) is 27.4. The van der Waals surface area contributed by atoms with E-state index >= 15 is 0 Å². The van der Waals surface area contributed by atoms with Gasteiger partial charge in [0.1, 0.15) is 12.1 Å². The molecule has 0 unspecified atom stereocenters. The Labute approximate surface area is 234 Å². The number of amidine groups is 1. The Bertz CT molecular complexity index is 1500. The van der Waals surface area contributed by atoms with E-state index in [1.807, 2.05) is 24.3 Å². The molecule has 1 aliphatic rings. The lowest BCUT2D eigenvalue weighted by molar-refractivity contribution is -0.274. The molecule has 1 fully saturated rings. The smallest absolute Gasteiger partial charge is 0.406 e. The van der Waals surface area contributed by atoms with Gasteiger partial charge in [-0.1, -0.05) is 68.1 Å². The zero-order valence-corrected chi connectivity index (χ0v) is 22.7. The molecule has 4 aromatic rings. The highest BCUT2D eigenvalue weighted by Gasteiger charge is 2.31. The third-order valence-electron chi connectivity index (χ3n) is 6.18. The zero-order chi connectivity index (χ0) is 28.1. The molecule has 1 aromatic heterocycles. The normalized spacial score (nSPS) is 15.3. The second kappa shape index (κ2) is 12.0. The minimum absolute atomic E-state index is 0.297. The van der Waals surface area contributed by atoms with E-state index in [1.165, 1.54) is 46.5 Å². The molecule has 0 amide bonds. The fourth-order valence-corrected chi connectivity index (χ4v) is 5.18. The summed E-state index contributed by atoms with van der Waals surface area (Å²) in [6.07, 6.45) is -0.427. The van der Waals surface area contributed by atoms with Crippen LogP contribution in [0.3, 0.4) is 0 Å². The molecule has 3 aromatic carbocycles. The van der Waals surface area contributed by atoms with Crippen molar-refractivity contribution in [3.63, 3.8) is 0 Å². The van der Waals surface area contributed by atoms with Gasteiger partial charge in [-0.3, -0.25) is 0 Å². The third kappa shape index (κ3) is 6.71. The minimum atomic E-state index is -4.74. The molecule has 11 heteroatoms. The van der Waals surface area contributed by atoms with Gasteiger partial charge in [-0.05, 0) is 53.8 Å². The quantitative estimate of drug-likeness (QED) is 0.174. The number of nitrogens with zero attached hydrogens (tertiary/aromatic N) is 6. The summed E-state index contributed by atoms with van der Waals surface area (Å²) in [4.78, 5) is 6.58. The topological polar surface area (TPSA) is 67.9 Å². The largest absolute Gasteiger partial charge is 0.573 e. The summed E-state index contributed by atoms with van der Waals surface area (Å²) in [5, 5.41) is 14.3. The highest BCUT2D eigenvalue weighted by Crippen LogP contribution is 2.32. The highest BCUT2D eigenvalue weighted by atomic mass is 32.2. The molecule has 0 N–H and O–H groups in total. The van der Waals surface area contributed by atoms with Crippen molar-refractivity contribution < 1.29 is 17.9 Å². The number of halogens is 3. The van der Waals surface area contributed by atoms with Crippen LogP contribution in [0.15, 0.2) is 89.3 Å². The Morgan fingerprint density at radius 1 is 1.00 bits per heavy atom. The number of rotatable bonds is 7. The van der Waals surface area contributed by atoms with Crippen LogP contribution in [0.1, 0.15) is 37.3 Å². The van der Waals surface area contributed by atoms with Gasteiger partial charge in [-0.15, -0.1) is 23.4 Å². The average molecular weight is 565 g/mol. The molecule has 40 heavy (non-hydrogen) atoms. The van der Waals surface area contributed by atoms with Gasteiger partial charge >= 0.3 is 6.36 Å². The third-order valence-corrected chi connectivity index (χ3v) is 7.24.